The van der Waals surface area contributed by atoms with Crippen LogP contribution in [0.1, 0.15) is 43.9 Å². The molecule has 0 aliphatic heterocycles. The first kappa shape index (κ1) is 12.1. The van der Waals surface area contributed by atoms with Crippen LogP contribution in [0, 0.1) is 12.8 Å². The lowest BCUT2D eigenvalue weighted by Gasteiger charge is -2.18. The van der Waals surface area contributed by atoms with Crippen molar-refractivity contribution in [3.05, 3.63) is 23.5 Å². The molecule has 0 unspecified atom stereocenters. The lowest BCUT2D eigenvalue weighted by Crippen LogP contribution is -2.27. The van der Waals surface area contributed by atoms with E-state index in [0.29, 0.717) is 5.92 Å². The highest BCUT2D eigenvalue weighted by molar-refractivity contribution is 5.95. The van der Waals surface area contributed by atoms with E-state index in [9.17, 15) is 4.79 Å². The first-order valence-corrected chi connectivity index (χ1v) is 6.24. The van der Waals surface area contributed by atoms with E-state index >= 15 is 0 Å². The molecule has 0 aromatic carbocycles. The van der Waals surface area contributed by atoms with Gasteiger partial charge in [0.2, 0.25) is 5.91 Å². The van der Waals surface area contributed by atoms with Crippen molar-refractivity contribution >= 4 is 11.6 Å². The Hall–Kier alpha value is -1.38. The molecular weight excluding hydrogens is 212 g/mol. The molecule has 1 aliphatic rings. The second kappa shape index (κ2) is 4.47. The zero-order chi connectivity index (χ0) is 12.6. The summed E-state index contributed by atoms with van der Waals surface area (Å²) in [5.74, 6) is 0.905. The maximum atomic E-state index is 11.9. The fourth-order valence-corrected chi connectivity index (χ4v) is 2.09. The quantitative estimate of drug-likeness (QED) is 0.802. The van der Waals surface area contributed by atoms with E-state index in [4.69, 9.17) is 0 Å². The van der Waals surface area contributed by atoms with Crippen LogP contribution in [0.15, 0.2) is 12.3 Å². The Balaban J connectivity index is 2.21. The molecule has 1 aromatic rings. The molecule has 3 nitrogen and oxygen atoms in total. The number of anilines is 1. The summed E-state index contributed by atoms with van der Waals surface area (Å²) in [5.41, 5.74) is 3.18. The van der Waals surface area contributed by atoms with E-state index in [2.05, 4.69) is 31.8 Å². The van der Waals surface area contributed by atoms with Gasteiger partial charge >= 0.3 is 0 Å². The Morgan fingerprint density at radius 3 is 2.59 bits per heavy atom. The maximum absolute atomic E-state index is 11.9. The predicted molar refractivity (Wildman–Crippen MR) is 69.2 cm³/mol. The van der Waals surface area contributed by atoms with Crippen LogP contribution in [0.25, 0.3) is 0 Å². The van der Waals surface area contributed by atoms with Gasteiger partial charge in [-0.25, -0.2) is 0 Å². The predicted octanol–water partition coefficient (Wildman–Crippen LogP) is 2.89. The zero-order valence-corrected chi connectivity index (χ0v) is 11.0. The number of aryl methyl sites for hydroxylation is 1. The molecule has 0 bridgehead atoms. The molecule has 3 heteroatoms. The van der Waals surface area contributed by atoms with Crippen LogP contribution in [0.2, 0.25) is 0 Å². The number of aromatic nitrogens is 1. The molecule has 1 saturated carbocycles. The summed E-state index contributed by atoms with van der Waals surface area (Å²) in [7, 11) is 1.84. The molecule has 1 aromatic heterocycles. The third-order valence-electron chi connectivity index (χ3n) is 3.30. The zero-order valence-electron chi connectivity index (χ0n) is 11.0. The number of carbonyl (C=O) groups excluding carboxylic acids is 1. The number of nitrogens with zero attached hydrogens (tertiary/aromatic N) is 2. The van der Waals surface area contributed by atoms with Crippen molar-refractivity contribution in [1.29, 1.82) is 0 Å². The molecule has 1 amide bonds. The van der Waals surface area contributed by atoms with E-state index in [1.54, 1.807) is 4.90 Å². The standard InChI is InChI=1S/C14H20N2O/c1-9(2)13-10(3)7-12(8-15-13)16(4)14(17)11-5-6-11/h7-9,11H,5-6H2,1-4H3. The largest absolute Gasteiger partial charge is 0.314 e. The van der Waals surface area contributed by atoms with Crippen LogP contribution >= 0.6 is 0 Å². The van der Waals surface area contributed by atoms with Crippen LogP contribution in [-0.4, -0.2) is 17.9 Å². The van der Waals surface area contributed by atoms with E-state index in [-0.39, 0.29) is 11.8 Å². The van der Waals surface area contributed by atoms with Crippen LogP contribution in [-0.2, 0) is 4.79 Å². The topological polar surface area (TPSA) is 33.2 Å². The van der Waals surface area contributed by atoms with Crippen molar-refractivity contribution in [3.63, 3.8) is 0 Å². The van der Waals surface area contributed by atoms with Crippen LogP contribution in [0.4, 0.5) is 5.69 Å². The number of rotatable bonds is 3. The fourth-order valence-electron chi connectivity index (χ4n) is 2.09. The Kier molecular flexibility index (Phi) is 3.18. The molecule has 1 fully saturated rings. The average Bonchev–Trinajstić information content (AvgIpc) is 3.10. The normalized spacial score (nSPS) is 15.1. The van der Waals surface area contributed by atoms with Crippen molar-refractivity contribution in [2.24, 2.45) is 5.92 Å². The molecule has 0 atom stereocenters. The number of amides is 1. The number of hydrogen-bond donors (Lipinski definition) is 0. The van der Waals surface area contributed by atoms with Gasteiger partial charge in [-0.1, -0.05) is 13.8 Å². The van der Waals surface area contributed by atoms with Crippen molar-refractivity contribution in [2.45, 2.75) is 39.5 Å². The molecule has 0 saturated heterocycles. The second-order valence-electron chi connectivity index (χ2n) is 5.22. The fraction of sp³-hybridized carbons (Fsp3) is 0.571. The van der Waals surface area contributed by atoms with Gasteiger partial charge in [0.1, 0.15) is 0 Å². The minimum Gasteiger partial charge on any atom is -0.314 e. The van der Waals surface area contributed by atoms with Crippen molar-refractivity contribution in [1.82, 2.24) is 4.98 Å². The van der Waals surface area contributed by atoms with Crippen molar-refractivity contribution in [3.8, 4) is 0 Å². The van der Waals surface area contributed by atoms with Gasteiger partial charge in [-0.2, -0.15) is 0 Å². The number of hydrogen-bond acceptors (Lipinski definition) is 2. The molecule has 92 valence electrons. The van der Waals surface area contributed by atoms with E-state index < -0.39 is 0 Å². The van der Waals surface area contributed by atoms with Gasteiger partial charge in [0.25, 0.3) is 0 Å². The van der Waals surface area contributed by atoms with Gasteiger partial charge in [-0.05, 0) is 37.3 Å². The molecule has 0 radical (unpaired) electrons. The van der Waals surface area contributed by atoms with Gasteiger partial charge in [0, 0.05) is 18.7 Å². The minimum absolute atomic E-state index is 0.225. The first-order valence-electron chi connectivity index (χ1n) is 6.24. The third kappa shape index (κ3) is 2.48. The highest BCUT2D eigenvalue weighted by atomic mass is 16.2. The molecule has 1 heterocycles. The highest BCUT2D eigenvalue weighted by Gasteiger charge is 2.32. The summed E-state index contributed by atoms with van der Waals surface area (Å²) in [4.78, 5) is 18.1. The summed E-state index contributed by atoms with van der Waals surface area (Å²) in [6, 6.07) is 2.06. The SMILES string of the molecule is Cc1cc(N(C)C(=O)C2CC2)cnc1C(C)C. The Bertz CT molecular complexity index is 436. The second-order valence-corrected chi connectivity index (χ2v) is 5.22. The molecular formula is C14H20N2O. The lowest BCUT2D eigenvalue weighted by molar-refractivity contribution is -0.119. The van der Waals surface area contributed by atoms with E-state index in [1.807, 2.05) is 13.2 Å². The molecule has 17 heavy (non-hydrogen) atoms. The minimum atomic E-state index is 0.225. The first-order chi connectivity index (χ1) is 8.00. The number of pyridine rings is 1. The van der Waals surface area contributed by atoms with Gasteiger partial charge in [0.05, 0.1) is 11.9 Å². The van der Waals surface area contributed by atoms with E-state index in [0.717, 1.165) is 29.8 Å². The summed E-state index contributed by atoms with van der Waals surface area (Å²) in [5, 5.41) is 0. The number of carbonyl (C=O) groups is 1. The summed E-state index contributed by atoms with van der Waals surface area (Å²) in [6.45, 7) is 6.32. The van der Waals surface area contributed by atoms with Crippen molar-refractivity contribution in [2.75, 3.05) is 11.9 Å². The summed E-state index contributed by atoms with van der Waals surface area (Å²) < 4.78 is 0. The lowest BCUT2D eigenvalue weighted by atomic mass is 10.0. The molecule has 0 N–H and O–H groups in total. The summed E-state index contributed by atoms with van der Waals surface area (Å²) >= 11 is 0. The van der Waals surface area contributed by atoms with Gasteiger partial charge < -0.3 is 4.90 Å². The molecule has 1 aliphatic carbocycles. The Morgan fingerprint density at radius 2 is 2.12 bits per heavy atom. The molecule has 2 rings (SSSR count). The third-order valence-corrected chi connectivity index (χ3v) is 3.30. The van der Waals surface area contributed by atoms with E-state index in [1.165, 1.54) is 0 Å². The van der Waals surface area contributed by atoms with Crippen LogP contribution < -0.4 is 4.90 Å². The Morgan fingerprint density at radius 1 is 1.47 bits per heavy atom. The van der Waals surface area contributed by atoms with Crippen LogP contribution in [0.5, 0.6) is 0 Å². The average molecular weight is 232 g/mol. The van der Waals surface area contributed by atoms with Gasteiger partial charge in [-0.3, -0.25) is 9.78 Å². The summed E-state index contributed by atoms with van der Waals surface area (Å²) in [6.07, 6.45) is 3.89. The Labute approximate surface area is 103 Å². The van der Waals surface area contributed by atoms with Gasteiger partial charge in [-0.15, -0.1) is 0 Å². The van der Waals surface area contributed by atoms with Crippen molar-refractivity contribution < 1.29 is 4.79 Å². The maximum Gasteiger partial charge on any atom is 0.229 e. The monoisotopic (exact) mass is 232 g/mol. The smallest absolute Gasteiger partial charge is 0.229 e. The van der Waals surface area contributed by atoms with Crippen LogP contribution in [0.3, 0.4) is 0 Å². The molecule has 0 spiro atoms. The highest BCUT2D eigenvalue weighted by Crippen LogP contribution is 2.32. The van der Waals surface area contributed by atoms with Gasteiger partial charge in [0.15, 0.2) is 0 Å².